The molecule has 1 aliphatic rings. The van der Waals surface area contributed by atoms with Crippen LogP contribution in [-0.2, 0) is 0 Å². The van der Waals surface area contributed by atoms with Gasteiger partial charge in [0.1, 0.15) is 5.82 Å². The summed E-state index contributed by atoms with van der Waals surface area (Å²) >= 11 is 0. The summed E-state index contributed by atoms with van der Waals surface area (Å²) in [6.45, 7) is 6.11. The Labute approximate surface area is 113 Å². The molecule has 2 atom stereocenters. The fourth-order valence-corrected chi connectivity index (χ4v) is 2.90. The highest BCUT2D eigenvalue weighted by Gasteiger charge is 2.28. The summed E-state index contributed by atoms with van der Waals surface area (Å²) in [5.41, 5.74) is 1.71. The standard InChI is InChI=1S/C15H20FN3/c1-10-8-19(9-11(2)18(10)3)15-7-14-12(4-5-17-14)6-13(15)16/h4-7,10-11,17H,8-9H2,1-3H3. The second-order valence-electron chi connectivity index (χ2n) is 5.64. The molecule has 1 aromatic carbocycles. The number of aromatic amines is 1. The van der Waals surface area contributed by atoms with Gasteiger partial charge in [-0.3, -0.25) is 4.90 Å². The smallest absolute Gasteiger partial charge is 0.147 e. The number of fused-ring (bicyclic) bond motifs is 1. The number of nitrogens with one attached hydrogen (secondary N) is 1. The van der Waals surface area contributed by atoms with Crippen LogP contribution in [0.1, 0.15) is 13.8 Å². The van der Waals surface area contributed by atoms with Crippen LogP contribution in [0.5, 0.6) is 0 Å². The van der Waals surface area contributed by atoms with Crippen molar-refractivity contribution in [3.8, 4) is 0 Å². The van der Waals surface area contributed by atoms with Gasteiger partial charge in [-0.25, -0.2) is 4.39 Å². The summed E-state index contributed by atoms with van der Waals surface area (Å²) in [5, 5.41) is 0.927. The predicted molar refractivity (Wildman–Crippen MR) is 77.2 cm³/mol. The summed E-state index contributed by atoms with van der Waals surface area (Å²) in [6.07, 6.45) is 1.85. The molecular formula is C15H20FN3. The number of H-pyrrole nitrogens is 1. The molecule has 1 N–H and O–H groups in total. The Bertz CT molecular complexity index is 580. The average molecular weight is 261 g/mol. The number of aromatic nitrogens is 1. The first kappa shape index (κ1) is 12.5. The van der Waals surface area contributed by atoms with E-state index in [-0.39, 0.29) is 5.82 Å². The van der Waals surface area contributed by atoms with Gasteiger partial charge in [0.05, 0.1) is 5.69 Å². The van der Waals surface area contributed by atoms with Crippen LogP contribution in [0.4, 0.5) is 10.1 Å². The molecule has 0 bridgehead atoms. The van der Waals surface area contributed by atoms with Gasteiger partial charge in [-0.2, -0.15) is 0 Å². The van der Waals surface area contributed by atoms with Gasteiger partial charge < -0.3 is 9.88 Å². The molecule has 19 heavy (non-hydrogen) atoms. The fourth-order valence-electron chi connectivity index (χ4n) is 2.90. The van der Waals surface area contributed by atoms with E-state index >= 15 is 0 Å². The van der Waals surface area contributed by atoms with Crippen molar-refractivity contribution < 1.29 is 4.39 Å². The summed E-state index contributed by atoms with van der Waals surface area (Å²) in [5.74, 6) is -0.129. The molecule has 2 heterocycles. The first-order valence-electron chi connectivity index (χ1n) is 6.80. The van der Waals surface area contributed by atoms with E-state index < -0.39 is 0 Å². The van der Waals surface area contributed by atoms with E-state index in [1.165, 1.54) is 0 Å². The summed E-state index contributed by atoms with van der Waals surface area (Å²) in [6, 6.07) is 6.31. The lowest BCUT2D eigenvalue weighted by atomic mass is 10.1. The molecule has 4 heteroatoms. The highest BCUT2D eigenvalue weighted by atomic mass is 19.1. The molecule has 3 nitrogen and oxygen atoms in total. The van der Waals surface area contributed by atoms with Gasteiger partial charge in [0.15, 0.2) is 0 Å². The maximum atomic E-state index is 14.3. The molecule has 2 aromatic rings. The highest BCUT2D eigenvalue weighted by Crippen LogP contribution is 2.28. The maximum absolute atomic E-state index is 14.3. The van der Waals surface area contributed by atoms with Crippen LogP contribution in [0, 0.1) is 5.82 Å². The first-order valence-corrected chi connectivity index (χ1v) is 6.80. The second kappa shape index (κ2) is 4.53. The van der Waals surface area contributed by atoms with Crippen molar-refractivity contribution in [2.75, 3.05) is 25.0 Å². The number of hydrogen-bond donors (Lipinski definition) is 1. The third kappa shape index (κ3) is 2.10. The SMILES string of the molecule is CC1CN(c2cc3[nH]ccc3cc2F)CC(C)N1C. The minimum atomic E-state index is -0.129. The topological polar surface area (TPSA) is 22.3 Å². The van der Waals surface area contributed by atoms with E-state index in [9.17, 15) is 4.39 Å². The number of piperazine rings is 1. The van der Waals surface area contributed by atoms with Gasteiger partial charge in [0.25, 0.3) is 0 Å². The van der Waals surface area contributed by atoms with Crippen LogP contribution in [0.15, 0.2) is 24.4 Å². The molecule has 0 aliphatic carbocycles. The maximum Gasteiger partial charge on any atom is 0.147 e. The van der Waals surface area contributed by atoms with E-state index in [2.05, 4.69) is 35.7 Å². The molecule has 0 amide bonds. The predicted octanol–water partition coefficient (Wildman–Crippen LogP) is 2.84. The van der Waals surface area contributed by atoms with Crippen LogP contribution >= 0.6 is 0 Å². The third-order valence-electron chi connectivity index (χ3n) is 4.32. The van der Waals surface area contributed by atoms with E-state index in [0.29, 0.717) is 17.8 Å². The van der Waals surface area contributed by atoms with Crippen molar-refractivity contribution in [1.82, 2.24) is 9.88 Å². The minimum absolute atomic E-state index is 0.129. The molecule has 0 spiro atoms. The minimum Gasteiger partial charge on any atom is -0.366 e. The lowest BCUT2D eigenvalue weighted by Crippen LogP contribution is -2.55. The Hall–Kier alpha value is -1.55. The Kier molecular flexibility index (Phi) is 2.97. The van der Waals surface area contributed by atoms with Crippen molar-refractivity contribution in [1.29, 1.82) is 0 Å². The normalized spacial score (nSPS) is 25.2. The van der Waals surface area contributed by atoms with Crippen molar-refractivity contribution in [3.63, 3.8) is 0 Å². The molecule has 1 fully saturated rings. The van der Waals surface area contributed by atoms with Crippen molar-refractivity contribution >= 4 is 16.6 Å². The molecule has 102 valence electrons. The number of benzene rings is 1. The van der Waals surface area contributed by atoms with E-state index in [0.717, 1.165) is 24.0 Å². The monoisotopic (exact) mass is 261 g/mol. The van der Waals surface area contributed by atoms with Crippen LogP contribution in [0.2, 0.25) is 0 Å². The highest BCUT2D eigenvalue weighted by molar-refractivity contribution is 5.83. The number of nitrogens with zero attached hydrogens (tertiary/aromatic N) is 2. The molecule has 3 rings (SSSR count). The van der Waals surface area contributed by atoms with Gasteiger partial charge in [-0.15, -0.1) is 0 Å². The van der Waals surface area contributed by atoms with Gasteiger partial charge in [0, 0.05) is 42.3 Å². The zero-order chi connectivity index (χ0) is 13.6. The first-order chi connectivity index (χ1) is 9.06. The van der Waals surface area contributed by atoms with E-state index in [4.69, 9.17) is 0 Å². The molecule has 2 unspecified atom stereocenters. The van der Waals surface area contributed by atoms with Gasteiger partial charge in [-0.05, 0) is 39.1 Å². The van der Waals surface area contributed by atoms with Crippen molar-refractivity contribution in [2.24, 2.45) is 0 Å². The molecule has 0 saturated carbocycles. The Balaban J connectivity index is 1.97. The summed E-state index contributed by atoms with van der Waals surface area (Å²) in [4.78, 5) is 7.66. The van der Waals surface area contributed by atoms with Crippen LogP contribution in [-0.4, -0.2) is 42.1 Å². The van der Waals surface area contributed by atoms with Gasteiger partial charge >= 0.3 is 0 Å². The Morgan fingerprint density at radius 3 is 2.58 bits per heavy atom. The Morgan fingerprint density at radius 2 is 1.89 bits per heavy atom. The number of likely N-dealkylation sites (N-methyl/N-ethyl adjacent to an activating group) is 1. The van der Waals surface area contributed by atoms with E-state index in [1.54, 1.807) is 6.07 Å². The third-order valence-corrected chi connectivity index (χ3v) is 4.32. The number of hydrogen-bond acceptors (Lipinski definition) is 2. The Morgan fingerprint density at radius 1 is 1.21 bits per heavy atom. The molecule has 1 aromatic heterocycles. The largest absolute Gasteiger partial charge is 0.366 e. The average Bonchev–Trinajstić information content (AvgIpc) is 2.81. The zero-order valence-electron chi connectivity index (χ0n) is 11.7. The van der Waals surface area contributed by atoms with Crippen LogP contribution in [0.25, 0.3) is 10.9 Å². The molecular weight excluding hydrogens is 241 g/mol. The fraction of sp³-hybridized carbons (Fsp3) is 0.467. The van der Waals surface area contributed by atoms with Gasteiger partial charge in [0.2, 0.25) is 0 Å². The summed E-state index contributed by atoms with van der Waals surface area (Å²) < 4.78 is 14.3. The quantitative estimate of drug-likeness (QED) is 0.852. The van der Waals surface area contributed by atoms with Crippen LogP contribution < -0.4 is 4.90 Å². The second-order valence-corrected chi connectivity index (χ2v) is 5.64. The van der Waals surface area contributed by atoms with Crippen molar-refractivity contribution in [3.05, 3.63) is 30.2 Å². The lowest BCUT2D eigenvalue weighted by Gasteiger charge is -2.43. The molecule has 1 saturated heterocycles. The molecule has 1 aliphatic heterocycles. The van der Waals surface area contributed by atoms with Crippen LogP contribution in [0.3, 0.4) is 0 Å². The molecule has 0 radical (unpaired) electrons. The lowest BCUT2D eigenvalue weighted by molar-refractivity contribution is 0.169. The van der Waals surface area contributed by atoms with Gasteiger partial charge in [-0.1, -0.05) is 0 Å². The van der Waals surface area contributed by atoms with E-state index in [1.807, 2.05) is 18.3 Å². The number of halogens is 1. The number of anilines is 1. The van der Waals surface area contributed by atoms with Crippen molar-refractivity contribution in [2.45, 2.75) is 25.9 Å². The number of rotatable bonds is 1. The summed E-state index contributed by atoms with van der Waals surface area (Å²) in [7, 11) is 2.14. The zero-order valence-corrected chi connectivity index (χ0v) is 11.7.